The SMILES string of the molecule is Cc1ccc(S(=O)(=O)NCCC#CC(O)c2ccc(F)cc2)cc1. The van der Waals surface area contributed by atoms with E-state index >= 15 is 0 Å². The molecular formula is C18H18FNO3S. The van der Waals surface area contributed by atoms with Crippen molar-refractivity contribution < 1.29 is 17.9 Å². The number of nitrogens with one attached hydrogen (secondary N) is 1. The molecule has 0 saturated carbocycles. The van der Waals surface area contributed by atoms with E-state index in [0.29, 0.717) is 5.56 Å². The Morgan fingerprint density at radius 2 is 1.75 bits per heavy atom. The van der Waals surface area contributed by atoms with Crippen LogP contribution in [0.5, 0.6) is 0 Å². The number of aryl methyl sites for hydroxylation is 1. The molecule has 6 heteroatoms. The average Bonchev–Trinajstić information content (AvgIpc) is 2.55. The van der Waals surface area contributed by atoms with Gasteiger partial charge in [0, 0.05) is 13.0 Å². The van der Waals surface area contributed by atoms with E-state index in [0.717, 1.165) is 5.56 Å². The summed E-state index contributed by atoms with van der Waals surface area (Å²) < 4.78 is 39.3. The molecule has 0 aliphatic carbocycles. The smallest absolute Gasteiger partial charge is 0.240 e. The lowest BCUT2D eigenvalue weighted by Gasteiger charge is -2.05. The fourth-order valence-corrected chi connectivity index (χ4v) is 2.98. The van der Waals surface area contributed by atoms with E-state index in [9.17, 15) is 17.9 Å². The van der Waals surface area contributed by atoms with E-state index in [2.05, 4.69) is 16.6 Å². The van der Waals surface area contributed by atoms with Crippen molar-refractivity contribution >= 4 is 10.0 Å². The normalized spacial score (nSPS) is 12.3. The molecule has 0 aromatic heterocycles. The third-order valence-electron chi connectivity index (χ3n) is 3.30. The standard InChI is InChI=1S/C18H18FNO3S/c1-14-5-11-17(12-6-14)24(22,23)20-13-3-2-4-18(21)15-7-9-16(19)10-8-15/h5-12,18,20-21H,3,13H2,1H3. The number of hydrogen-bond acceptors (Lipinski definition) is 3. The summed E-state index contributed by atoms with van der Waals surface area (Å²) >= 11 is 0. The van der Waals surface area contributed by atoms with Crippen molar-refractivity contribution in [1.29, 1.82) is 0 Å². The lowest BCUT2D eigenvalue weighted by Crippen LogP contribution is -2.24. The van der Waals surface area contributed by atoms with Gasteiger partial charge in [-0.1, -0.05) is 41.7 Å². The van der Waals surface area contributed by atoms with Gasteiger partial charge in [-0.3, -0.25) is 0 Å². The van der Waals surface area contributed by atoms with E-state index < -0.39 is 16.1 Å². The Morgan fingerprint density at radius 3 is 2.38 bits per heavy atom. The van der Waals surface area contributed by atoms with Crippen LogP contribution in [0.2, 0.25) is 0 Å². The number of aliphatic hydroxyl groups is 1. The van der Waals surface area contributed by atoms with Gasteiger partial charge in [-0.2, -0.15) is 0 Å². The summed E-state index contributed by atoms with van der Waals surface area (Å²) in [5, 5.41) is 9.84. The second kappa shape index (κ2) is 8.06. The second-order valence-electron chi connectivity index (χ2n) is 5.24. The van der Waals surface area contributed by atoms with Gasteiger partial charge in [-0.15, -0.1) is 0 Å². The van der Waals surface area contributed by atoms with E-state index in [1.54, 1.807) is 24.3 Å². The van der Waals surface area contributed by atoms with Gasteiger partial charge in [0.2, 0.25) is 10.0 Å². The molecule has 0 aliphatic rings. The second-order valence-corrected chi connectivity index (χ2v) is 7.00. The zero-order valence-electron chi connectivity index (χ0n) is 13.2. The molecule has 0 heterocycles. The van der Waals surface area contributed by atoms with Crippen LogP contribution in [0.3, 0.4) is 0 Å². The van der Waals surface area contributed by atoms with Crippen molar-refractivity contribution in [3.8, 4) is 11.8 Å². The molecule has 0 fully saturated rings. The Morgan fingerprint density at radius 1 is 1.12 bits per heavy atom. The summed E-state index contributed by atoms with van der Waals surface area (Å²) in [7, 11) is -3.56. The fraction of sp³-hybridized carbons (Fsp3) is 0.222. The highest BCUT2D eigenvalue weighted by Crippen LogP contribution is 2.12. The van der Waals surface area contributed by atoms with Crippen molar-refractivity contribution in [2.75, 3.05) is 6.54 Å². The monoisotopic (exact) mass is 347 g/mol. The molecule has 24 heavy (non-hydrogen) atoms. The Balaban J connectivity index is 1.86. The highest BCUT2D eigenvalue weighted by atomic mass is 32.2. The minimum atomic E-state index is -3.56. The molecule has 4 nitrogen and oxygen atoms in total. The van der Waals surface area contributed by atoms with Crippen LogP contribution in [0.1, 0.15) is 23.7 Å². The van der Waals surface area contributed by atoms with Gasteiger partial charge in [-0.25, -0.2) is 17.5 Å². The summed E-state index contributed by atoms with van der Waals surface area (Å²) in [6.45, 7) is 2.02. The van der Waals surface area contributed by atoms with Gasteiger partial charge in [0.15, 0.2) is 0 Å². The van der Waals surface area contributed by atoms with Crippen LogP contribution in [0.15, 0.2) is 53.4 Å². The minimum absolute atomic E-state index is 0.138. The molecule has 0 radical (unpaired) electrons. The molecule has 2 N–H and O–H groups in total. The zero-order valence-corrected chi connectivity index (χ0v) is 14.0. The molecule has 1 atom stereocenters. The molecular weight excluding hydrogens is 329 g/mol. The van der Waals surface area contributed by atoms with Crippen molar-refractivity contribution in [1.82, 2.24) is 4.72 Å². The third kappa shape index (κ3) is 5.17. The van der Waals surface area contributed by atoms with Crippen LogP contribution in [0, 0.1) is 24.6 Å². The first-order valence-corrected chi connectivity index (χ1v) is 8.85. The summed E-state index contributed by atoms with van der Waals surface area (Å²) in [5.74, 6) is 4.93. The summed E-state index contributed by atoms with van der Waals surface area (Å²) in [6.07, 6.45) is -0.775. The van der Waals surface area contributed by atoms with Crippen LogP contribution in [-0.4, -0.2) is 20.1 Å². The number of sulfonamides is 1. The third-order valence-corrected chi connectivity index (χ3v) is 4.77. The van der Waals surface area contributed by atoms with Gasteiger partial charge in [0.25, 0.3) is 0 Å². The zero-order chi connectivity index (χ0) is 17.6. The largest absolute Gasteiger partial charge is 0.376 e. The van der Waals surface area contributed by atoms with Crippen LogP contribution in [0.25, 0.3) is 0 Å². The Bertz CT molecular complexity index is 835. The van der Waals surface area contributed by atoms with Crippen LogP contribution in [0.4, 0.5) is 4.39 Å². The lowest BCUT2D eigenvalue weighted by molar-refractivity contribution is 0.238. The maximum absolute atomic E-state index is 12.8. The van der Waals surface area contributed by atoms with Crippen molar-refractivity contribution in [2.45, 2.75) is 24.3 Å². The van der Waals surface area contributed by atoms with E-state index in [1.165, 1.54) is 24.3 Å². The van der Waals surface area contributed by atoms with Gasteiger partial charge in [0.1, 0.15) is 11.9 Å². The molecule has 0 bridgehead atoms. The maximum atomic E-state index is 12.8. The van der Waals surface area contributed by atoms with Crippen molar-refractivity contribution in [2.24, 2.45) is 0 Å². The van der Waals surface area contributed by atoms with E-state index in [4.69, 9.17) is 0 Å². The molecule has 2 aromatic carbocycles. The van der Waals surface area contributed by atoms with Crippen LogP contribution in [-0.2, 0) is 10.0 Å². The number of benzene rings is 2. The summed E-state index contributed by atoms with van der Waals surface area (Å²) in [6, 6.07) is 11.9. The molecule has 1 unspecified atom stereocenters. The Kier molecular flexibility index (Phi) is 6.10. The predicted molar refractivity (Wildman–Crippen MR) is 90.1 cm³/mol. The van der Waals surface area contributed by atoms with Gasteiger partial charge in [-0.05, 0) is 36.8 Å². The lowest BCUT2D eigenvalue weighted by atomic mass is 10.1. The molecule has 0 amide bonds. The number of aliphatic hydroxyl groups excluding tert-OH is 1. The highest BCUT2D eigenvalue weighted by Gasteiger charge is 2.12. The number of hydrogen-bond donors (Lipinski definition) is 2. The average molecular weight is 347 g/mol. The van der Waals surface area contributed by atoms with E-state index in [-0.39, 0.29) is 23.7 Å². The molecule has 0 saturated heterocycles. The topological polar surface area (TPSA) is 66.4 Å². The van der Waals surface area contributed by atoms with Gasteiger partial charge < -0.3 is 5.11 Å². The molecule has 126 valence electrons. The molecule has 0 spiro atoms. The van der Waals surface area contributed by atoms with Crippen LogP contribution < -0.4 is 4.72 Å². The maximum Gasteiger partial charge on any atom is 0.240 e. The van der Waals surface area contributed by atoms with E-state index in [1.807, 2.05) is 6.92 Å². The van der Waals surface area contributed by atoms with Gasteiger partial charge >= 0.3 is 0 Å². The predicted octanol–water partition coefficient (Wildman–Crippen LogP) is 2.54. The fourth-order valence-electron chi connectivity index (χ4n) is 1.95. The Hall–Kier alpha value is -2.20. The van der Waals surface area contributed by atoms with Gasteiger partial charge in [0.05, 0.1) is 4.90 Å². The minimum Gasteiger partial charge on any atom is -0.376 e. The van der Waals surface area contributed by atoms with Crippen LogP contribution >= 0.6 is 0 Å². The van der Waals surface area contributed by atoms with Crippen molar-refractivity contribution in [3.05, 3.63) is 65.5 Å². The first-order valence-electron chi connectivity index (χ1n) is 7.37. The first kappa shape index (κ1) is 18.1. The molecule has 2 rings (SSSR count). The highest BCUT2D eigenvalue weighted by molar-refractivity contribution is 7.89. The number of halogens is 1. The molecule has 2 aromatic rings. The Labute approximate surface area is 141 Å². The first-order chi connectivity index (χ1) is 11.4. The van der Waals surface area contributed by atoms with Crippen molar-refractivity contribution in [3.63, 3.8) is 0 Å². The molecule has 0 aliphatic heterocycles. The number of rotatable bonds is 5. The summed E-state index contributed by atoms with van der Waals surface area (Å²) in [4.78, 5) is 0.201. The summed E-state index contributed by atoms with van der Waals surface area (Å²) in [5.41, 5.74) is 1.47. The quantitative estimate of drug-likeness (QED) is 0.645.